The molecule has 708 valence electrons. The molecule has 0 aliphatic carbocycles. The monoisotopic (exact) mass is 1910 g/mol. The Hall–Kier alpha value is -16.3. The molecule has 6 amide bonds. The molecule has 0 spiro atoms. The molecular formula is C107H111BrN6O22. The highest BCUT2D eigenvalue weighted by Crippen LogP contribution is 2.35. The van der Waals surface area contributed by atoms with Crippen LogP contribution in [0.4, 0.5) is 0 Å². The molecule has 0 atom stereocenters. The van der Waals surface area contributed by atoms with Gasteiger partial charge < -0.3 is 77.5 Å². The van der Waals surface area contributed by atoms with Crippen LogP contribution in [0.2, 0.25) is 0 Å². The van der Waals surface area contributed by atoms with Gasteiger partial charge in [-0.2, -0.15) is 0 Å². The van der Waals surface area contributed by atoms with Crippen LogP contribution < -0.4 is 94.0 Å². The topological polar surface area (TPSA) is 355 Å². The summed E-state index contributed by atoms with van der Waals surface area (Å²) in [6.45, 7) is 3.87. The second-order valence-electron chi connectivity index (χ2n) is 28.2. The van der Waals surface area contributed by atoms with Crippen molar-refractivity contribution in [3.05, 3.63) is 363 Å². The number of benzene rings is 12. The van der Waals surface area contributed by atoms with E-state index in [0.29, 0.717) is 101 Å². The number of aryl methyl sites for hydroxylation is 1. The number of halogens is 1. The summed E-state index contributed by atoms with van der Waals surface area (Å²) in [5.74, 6) is 6.53. The molecule has 12 rings (SSSR count). The molecule has 0 unspecified atom stereocenters. The number of rotatable bonds is 36. The van der Waals surface area contributed by atoms with E-state index in [4.69, 9.17) is 77.2 Å². The number of amides is 6. The SMILES string of the molecule is CNC(=O)/C=C/c1ccc(OC)cc1-c1ccc(Br)cc1.CNC(=O)/C=C/c1ccc(OC)cc1-c1ccccc1.CNC(=O)/C=C/c1ccc(OC)cc1OCc1ccccc1.COc1ccc(/C=C/C(=O)NO)c(OCc2ccc(C)cc2)c1.COc1ccc(COc2cc(OC)ccc2/C=C/C(=O)NO)cc1.COc1ccc(OCCOc2cc(OC)ccc2/C=C/C(=O)NO)cc1. The minimum absolute atomic E-state index is 0.125. The standard InChI is InChI=1S/C19H21NO6.C18H19NO5.C18H19NO4.C18H19NO3.C17H16BrNO2.C17H17NO2/c1-23-15-6-8-16(9-7-15)25-11-12-26-18-13-17(24-2)5-3-14(18)4-10-19(21)20-22;1-22-15-7-3-13(4-8-15)12-24-17-11-16(23-2)9-5-14(17)6-10-18(20)19-21;1-13-3-5-14(6-4-13)12-23-17-11-16(22-2)9-7-15(17)8-10-18(20)19-21;1-19-18(20)11-9-15-8-10-16(21-2)12-17(15)22-13-14-6-4-3-5-7-14;1-19-17(20)10-6-13-5-9-15(21-2)11-16(13)12-3-7-14(18)8-4-12;1-18-17(19)11-9-14-8-10-15(20-2)12-16(14)13-6-4-3-5-7-13/h3-10,13,22H,11-12H2,1-2H3,(H,20,21);3-11,21H,12H2,1-2H3,(H,19,20);3-11,21H,12H2,1-2H3,(H,19,20);3-12H,13H2,1-2H3,(H,19,20);3-11H,1-2H3,(H,19,20);3-12H,1-2H3,(H,18,19)/b10-4+;10-6+;10-8+;11-9+;10-6+;11-9+. The zero-order valence-corrected chi connectivity index (χ0v) is 78.9. The fourth-order valence-corrected chi connectivity index (χ4v) is 12.0. The molecule has 9 N–H and O–H groups in total. The van der Waals surface area contributed by atoms with Crippen molar-refractivity contribution in [3.63, 3.8) is 0 Å². The zero-order chi connectivity index (χ0) is 98.2. The highest BCUT2D eigenvalue weighted by atomic mass is 79.9. The van der Waals surface area contributed by atoms with Crippen LogP contribution in [0, 0.1) is 6.92 Å². The van der Waals surface area contributed by atoms with Crippen LogP contribution in [-0.4, -0.2) is 142 Å². The van der Waals surface area contributed by atoms with E-state index in [-0.39, 0.29) is 17.7 Å². The van der Waals surface area contributed by atoms with Crippen molar-refractivity contribution in [1.29, 1.82) is 0 Å². The molecule has 0 bridgehead atoms. The van der Waals surface area contributed by atoms with Crippen LogP contribution in [0.15, 0.2) is 308 Å². The molecular weight excluding hydrogens is 1800 g/mol. The van der Waals surface area contributed by atoms with E-state index in [9.17, 15) is 28.8 Å². The Balaban J connectivity index is 0.000000223. The maximum atomic E-state index is 11.4. The molecule has 0 saturated carbocycles. The van der Waals surface area contributed by atoms with Crippen molar-refractivity contribution >= 4 is 87.8 Å². The van der Waals surface area contributed by atoms with Gasteiger partial charge in [0.1, 0.15) is 108 Å². The summed E-state index contributed by atoms with van der Waals surface area (Å²) in [6.07, 6.45) is 18.1. The zero-order valence-electron chi connectivity index (χ0n) is 77.3. The number of ether oxygens (including phenoxy) is 13. The van der Waals surface area contributed by atoms with Gasteiger partial charge in [0.15, 0.2) is 0 Å². The maximum Gasteiger partial charge on any atom is 0.267 e. The van der Waals surface area contributed by atoms with E-state index in [1.165, 1.54) is 53.6 Å². The second-order valence-corrected chi connectivity index (χ2v) is 29.1. The van der Waals surface area contributed by atoms with E-state index in [1.54, 1.807) is 174 Å². The van der Waals surface area contributed by atoms with Gasteiger partial charge in [-0.25, -0.2) is 16.4 Å². The Bertz CT molecular complexity index is 5960. The highest BCUT2D eigenvalue weighted by molar-refractivity contribution is 9.10. The molecule has 0 aliphatic heterocycles. The number of likely N-dealkylation sites (N-methyl/N-ethyl adjacent to an activating group) is 3. The Kier molecular flexibility index (Phi) is 47.0. The van der Waals surface area contributed by atoms with Crippen molar-refractivity contribution in [2.45, 2.75) is 26.7 Å². The smallest absolute Gasteiger partial charge is 0.267 e. The first-order valence-corrected chi connectivity index (χ1v) is 42.8. The Morgan fingerprint density at radius 2 is 0.529 bits per heavy atom. The number of hydroxylamine groups is 3. The van der Waals surface area contributed by atoms with Gasteiger partial charge in [-0.15, -0.1) is 0 Å². The van der Waals surface area contributed by atoms with Gasteiger partial charge in [0.25, 0.3) is 17.7 Å². The molecule has 0 aromatic heterocycles. The van der Waals surface area contributed by atoms with E-state index >= 15 is 0 Å². The van der Waals surface area contributed by atoms with E-state index in [1.807, 2.05) is 219 Å². The van der Waals surface area contributed by atoms with Gasteiger partial charge >= 0.3 is 0 Å². The first kappa shape index (κ1) is 107. The molecule has 28 nitrogen and oxygen atoms in total. The number of carbonyl (C=O) groups is 6. The fourth-order valence-electron chi connectivity index (χ4n) is 11.8. The van der Waals surface area contributed by atoms with Gasteiger partial charge in [-0.1, -0.05) is 143 Å². The average molecular weight is 1910 g/mol. The number of hydrogen-bond acceptors (Lipinski definition) is 22. The number of carbonyl (C=O) groups excluding carboxylic acids is 6. The first-order chi connectivity index (χ1) is 66.0. The second kappa shape index (κ2) is 59.9. The van der Waals surface area contributed by atoms with Gasteiger partial charge in [0.05, 0.1) is 56.9 Å². The van der Waals surface area contributed by atoms with Crippen molar-refractivity contribution in [3.8, 4) is 97.0 Å². The average Bonchev–Trinajstić information content (AvgIpc) is 0.833. The largest absolute Gasteiger partial charge is 0.497 e. The summed E-state index contributed by atoms with van der Waals surface area (Å²) in [6, 6.07) is 83.7. The first-order valence-electron chi connectivity index (χ1n) is 42.0. The lowest BCUT2D eigenvalue weighted by Crippen LogP contribution is -2.14. The van der Waals surface area contributed by atoms with Crippen LogP contribution in [0.1, 0.15) is 55.6 Å². The van der Waals surface area contributed by atoms with Crippen LogP contribution in [-0.2, 0) is 48.6 Å². The van der Waals surface area contributed by atoms with Crippen molar-refractivity contribution in [1.82, 2.24) is 32.4 Å². The quantitative estimate of drug-likeness (QED) is 0.00762. The van der Waals surface area contributed by atoms with E-state index in [0.717, 1.165) is 83.1 Å². The maximum absolute atomic E-state index is 11.4. The number of methoxy groups -OCH3 is 8. The van der Waals surface area contributed by atoms with Crippen LogP contribution in [0.25, 0.3) is 58.7 Å². The lowest BCUT2D eigenvalue weighted by atomic mass is 9.99. The van der Waals surface area contributed by atoms with Gasteiger partial charge in [-0.3, -0.25) is 44.4 Å². The van der Waals surface area contributed by atoms with Crippen molar-refractivity contribution in [2.75, 3.05) is 91.2 Å². The molecule has 12 aromatic rings. The normalized spacial score (nSPS) is 10.5. The fraction of sp³-hybridized carbons (Fsp3) is 0.159. The summed E-state index contributed by atoms with van der Waals surface area (Å²) >= 11 is 3.43. The molecule has 136 heavy (non-hydrogen) atoms. The lowest BCUT2D eigenvalue weighted by molar-refractivity contribution is -0.124. The van der Waals surface area contributed by atoms with Crippen LogP contribution >= 0.6 is 15.9 Å². The van der Waals surface area contributed by atoms with E-state index in [2.05, 4.69) is 31.9 Å². The molecule has 0 saturated heterocycles. The van der Waals surface area contributed by atoms with Gasteiger partial charge in [0, 0.05) is 109 Å². The highest BCUT2D eigenvalue weighted by Gasteiger charge is 2.14. The predicted octanol–water partition coefficient (Wildman–Crippen LogP) is 18.6. The van der Waals surface area contributed by atoms with Crippen LogP contribution in [0.5, 0.6) is 74.7 Å². The summed E-state index contributed by atoms with van der Waals surface area (Å²) in [7, 11) is 17.6. The number of nitrogens with one attached hydrogen (secondary N) is 6. The molecule has 0 aliphatic rings. The molecule has 0 fully saturated rings. The van der Waals surface area contributed by atoms with E-state index < -0.39 is 17.7 Å². The third-order valence-corrected chi connectivity index (χ3v) is 19.7. The summed E-state index contributed by atoms with van der Waals surface area (Å²) in [5.41, 5.74) is 17.9. The van der Waals surface area contributed by atoms with Gasteiger partial charge in [-0.05, 0) is 215 Å². The Morgan fingerprint density at radius 1 is 0.272 bits per heavy atom. The van der Waals surface area contributed by atoms with Crippen LogP contribution in [0.3, 0.4) is 0 Å². The Labute approximate surface area is 800 Å². The minimum Gasteiger partial charge on any atom is -0.497 e. The number of hydrogen-bond donors (Lipinski definition) is 9. The molecule has 0 radical (unpaired) electrons. The summed E-state index contributed by atoms with van der Waals surface area (Å²) < 4.78 is 71.5. The summed E-state index contributed by atoms with van der Waals surface area (Å²) in [5, 5.41) is 33.3. The van der Waals surface area contributed by atoms with Crippen molar-refractivity contribution in [2.24, 2.45) is 0 Å². The minimum atomic E-state index is -0.630. The lowest BCUT2D eigenvalue weighted by Gasteiger charge is -2.12. The molecule has 29 heteroatoms. The predicted molar refractivity (Wildman–Crippen MR) is 530 cm³/mol. The molecule has 12 aromatic carbocycles. The summed E-state index contributed by atoms with van der Waals surface area (Å²) in [4.78, 5) is 67.4. The molecule has 0 heterocycles. The third kappa shape index (κ3) is 37.9. The van der Waals surface area contributed by atoms with Crippen molar-refractivity contribution < 1.29 is 106 Å². The van der Waals surface area contributed by atoms with Gasteiger partial charge in [0.2, 0.25) is 17.7 Å². The third-order valence-electron chi connectivity index (χ3n) is 19.2. The Morgan fingerprint density at radius 3 is 0.860 bits per heavy atom.